The van der Waals surface area contributed by atoms with E-state index in [-0.39, 0.29) is 12.4 Å². The molecule has 0 fully saturated rings. The molecule has 0 radical (unpaired) electrons. The summed E-state index contributed by atoms with van der Waals surface area (Å²) in [6, 6.07) is 4.62. The van der Waals surface area contributed by atoms with Gasteiger partial charge in [0.1, 0.15) is 5.75 Å². The Bertz CT molecular complexity index is 315. The van der Waals surface area contributed by atoms with Crippen LogP contribution < -0.4 is 5.73 Å². The molecular weight excluding hydrogens is 194 g/mol. The van der Waals surface area contributed by atoms with Crippen molar-refractivity contribution in [2.75, 3.05) is 13.2 Å². The van der Waals surface area contributed by atoms with Crippen LogP contribution in [0.1, 0.15) is 24.1 Å². The number of aliphatic hydroxyl groups excluding tert-OH is 1. The summed E-state index contributed by atoms with van der Waals surface area (Å²) in [4.78, 5) is 0. The standard InChI is InChI=1S/C11H17NO3/c1-2-15-7-8-3-4-9(10(12)6-13)11(14)5-8/h3-5,10,13-14H,2,6-7,12H2,1H3. The van der Waals surface area contributed by atoms with Crippen LogP contribution in [0.4, 0.5) is 0 Å². The van der Waals surface area contributed by atoms with E-state index in [0.717, 1.165) is 5.56 Å². The molecule has 4 N–H and O–H groups in total. The smallest absolute Gasteiger partial charge is 0.120 e. The molecule has 84 valence electrons. The minimum absolute atomic E-state index is 0.105. The fraction of sp³-hybridized carbons (Fsp3) is 0.455. The summed E-state index contributed by atoms with van der Waals surface area (Å²) in [5, 5.41) is 18.5. The predicted octanol–water partition coefficient (Wildman–Crippen LogP) is 0.921. The van der Waals surface area contributed by atoms with Gasteiger partial charge in [-0.15, -0.1) is 0 Å². The molecule has 0 saturated heterocycles. The Balaban J connectivity index is 2.78. The van der Waals surface area contributed by atoms with Crippen LogP contribution in [0.5, 0.6) is 5.75 Å². The maximum Gasteiger partial charge on any atom is 0.120 e. The van der Waals surface area contributed by atoms with E-state index in [1.165, 1.54) is 0 Å². The summed E-state index contributed by atoms with van der Waals surface area (Å²) in [5.41, 5.74) is 7.05. The molecule has 1 rings (SSSR count). The summed E-state index contributed by atoms with van der Waals surface area (Å²) < 4.78 is 5.21. The average Bonchev–Trinajstić information content (AvgIpc) is 2.25. The largest absolute Gasteiger partial charge is 0.508 e. The topological polar surface area (TPSA) is 75.7 Å². The number of phenols is 1. The van der Waals surface area contributed by atoms with Crippen LogP contribution in [0.15, 0.2) is 18.2 Å². The zero-order valence-electron chi connectivity index (χ0n) is 8.81. The van der Waals surface area contributed by atoms with E-state index in [1.807, 2.05) is 13.0 Å². The quantitative estimate of drug-likeness (QED) is 0.677. The monoisotopic (exact) mass is 211 g/mol. The maximum atomic E-state index is 9.65. The third-order valence-electron chi connectivity index (χ3n) is 2.16. The van der Waals surface area contributed by atoms with E-state index in [1.54, 1.807) is 12.1 Å². The molecule has 0 aromatic heterocycles. The normalized spacial score (nSPS) is 12.7. The third kappa shape index (κ3) is 3.20. The third-order valence-corrected chi connectivity index (χ3v) is 2.16. The Hall–Kier alpha value is -1.10. The van der Waals surface area contributed by atoms with Crippen LogP contribution in [0.25, 0.3) is 0 Å². The summed E-state index contributed by atoms with van der Waals surface area (Å²) in [5.74, 6) is 0.105. The predicted molar refractivity (Wildman–Crippen MR) is 57.5 cm³/mol. The molecule has 0 aliphatic carbocycles. The molecule has 4 nitrogen and oxygen atoms in total. The van der Waals surface area contributed by atoms with Crippen LogP contribution in [0.2, 0.25) is 0 Å². The number of hydrogen-bond donors (Lipinski definition) is 3. The molecule has 1 unspecified atom stereocenters. The van der Waals surface area contributed by atoms with Crippen LogP contribution in [-0.4, -0.2) is 23.4 Å². The van der Waals surface area contributed by atoms with Gasteiger partial charge < -0.3 is 20.7 Å². The first kappa shape index (κ1) is 12.0. The van der Waals surface area contributed by atoms with Crippen molar-refractivity contribution in [3.63, 3.8) is 0 Å². The molecule has 1 aromatic rings. The molecule has 1 atom stereocenters. The number of ether oxygens (including phenoxy) is 1. The van der Waals surface area contributed by atoms with Gasteiger partial charge in [0.2, 0.25) is 0 Å². The second-order valence-electron chi connectivity index (χ2n) is 3.32. The number of hydrogen-bond acceptors (Lipinski definition) is 4. The SMILES string of the molecule is CCOCc1ccc(C(N)CO)c(O)c1. The lowest BCUT2D eigenvalue weighted by Crippen LogP contribution is -2.14. The van der Waals surface area contributed by atoms with Gasteiger partial charge in [-0.05, 0) is 18.6 Å². The number of phenolic OH excluding ortho intramolecular Hbond substituents is 1. The zero-order chi connectivity index (χ0) is 11.3. The van der Waals surface area contributed by atoms with Gasteiger partial charge in [-0.25, -0.2) is 0 Å². The molecule has 0 amide bonds. The molecule has 0 bridgehead atoms. The van der Waals surface area contributed by atoms with E-state index < -0.39 is 6.04 Å². The lowest BCUT2D eigenvalue weighted by atomic mass is 10.0. The van der Waals surface area contributed by atoms with Gasteiger partial charge in [-0.2, -0.15) is 0 Å². The molecule has 0 aliphatic rings. The van der Waals surface area contributed by atoms with E-state index >= 15 is 0 Å². The van der Waals surface area contributed by atoms with Gasteiger partial charge in [-0.1, -0.05) is 12.1 Å². The van der Waals surface area contributed by atoms with Gasteiger partial charge in [0.25, 0.3) is 0 Å². The minimum atomic E-state index is -0.536. The number of aromatic hydroxyl groups is 1. The molecule has 4 heteroatoms. The van der Waals surface area contributed by atoms with Crippen LogP contribution in [-0.2, 0) is 11.3 Å². The highest BCUT2D eigenvalue weighted by atomic mass is 16.5. The first-order valence-electron chi connectivity index (χ1n) is 4.95. The van der Waals surface area contributed by atoms with Gasteiger partial charge in [0.05, 0.1) is 19.3 Å². The summed E-state index contributed by atoms with van der Waals surface area (Å²) in [6.45, 7) is 2.84. The van der Waals surface area contributed by atoms with Crippen molar-refractivity contribution in [3.8, 4) is 5.75 Å². The van der Waals surface area contributed by atoms with E-state index in [0.29, 0.717) is 18.8 Å². The van der Waals surface area contributed by atoms with Crippen molar-refractivity contribution in [1.29, 1.82) is 0 Å². The molecule has 0 spiro atoms. The molecule has 0 heterocycles. The highest BCUT2D eigenvalue weighted by Crippen LogP contribution is 2.24. The molecule has 1 aromatic carbocycles. The number of rotatable bonds is 5. The second kappa shape index (κ2) is 5.70. The molecule has 15 heavy (non-hydrogen) atoms. The van der Waals surface area contributed by atoms with Crippen molar-refractivity contribution in [1.82, 2.24) is 0 Å². The molecule has 0 saturated carbocycles. The first-order valence-corrected chi connectivity index (χ1v) is 4.95. The Kier molecular flexibility index (Phi) is 4.55. The summed E-state index contributed by atoms with van der Waals surface area (Å²) in [6.07, 6.45) is 0. The van der Waals surface area contributed by atoms with Crippen LogP contribution in [0.3, 0.4) is 0 Å². The van der Waals surface area contributed by atoms with Gasteiger partial charge in [-0.3, -0.25) is 0 Å². The van der Waals surface area contributed by atoms with Crippen molar-refractivity contribution >= 4 is 0 Å². The Morgan fingerprint density at radius 3 is 2.73 bits per heavy atom. The van der Waals surface area contributed by atoms with Crippen molar-refractivity contribution in [3.05, 3.63) is 29.3 Å². The number of nitrogens with two attached hydrogens (primary N) is 1. The Labute approximate surface area is 89.3 Å². The van der Waals surface area contributed by atoms with E-state index in [4.69, 9.17) is 15.6 Å². The highest BCUT2D eigenvalue weighted by Gasteiger charge is 2.09. The van der Waals surface area contributed by atoms with Crippen molar-refractivity contribution in [2.45, 2.75) is 19.6 Å². The molecule has 0 aliphatic heterocycles. The minimum Gasteiger partial charge on any atom is -0.508 e. The van der Waals surface area contributed by atoms with Gasteiger partial charge in [0.15, 0.2) is 0 Å². The van der Waals surface area contributed by atoms with Gasteiger partial charge >= 0.3 is 0 Å². The van der Waals surface area contributed by atoms with E-state index in [9.17, 15) is 5.11 Å². The van der Waals surface area contributed by atoms with E-state index in [2.05, 4.69) is 0 Å². The lowest BCUT2D eigenvalue weighted by Gasteiger charge is -2.11. The first-order chi connectivity index (χ1) is 7.19. The van der Waals surface area contributed by atoms with Crippen molar-refractivity contribution in [2.24, 2.45) is 5.73 Å². The fourth-order valence-corrected chi connectivity index (χ4v) is 1.31. The molecular formula is C11H17NO3. The zero-order valence-corrected chi connectivity index (χ0v) is 8.81. The number of benzene rings is 1. The van der Waals surface area contributed by atoms with Gasteiger partial charge in [0, 0.05) is 12.2 Å². The van der Waals surface area contributed by atoms with Crippen molar-refractivity contribution < 1.29 is 14.9 Å². The van der Waals surface area contributed by atoms with Crippen LogP contribution >= 0.6 is 0 Å². The van der Waals surface area contributed by atoms with Crippen LogP contribution in [0, 0.1) is 0 Å². The fourth-order valence-electron chi connectivity index (χ4n) is 1.31. The Morgan fingerprint density at radius 2 is 2.20 bits per heavy atom. The number of aliphatic hydroxyl groups is 1. The maximum absolute atomic E-state index is 9.65. The highest BCUT2D eigenvalue weighted by molar-refractivity contribution is 5.38. The lowest BCUT2D eigenvalue weighted by molar-refractivity contribution is 0.134. The average molecular weight is 211 g/mol. The summed E-state index contributed by atoms with van der Waals surface area (Å²) >= 11 is 0. The summed E-state index contributed by atoms with van der Waals surface area (Å²) in [7, 11) is 0. The Morgan fingerprint density at radius 1 is 1.47 bits per heavy atom. The second-order valence-corrected chi connectivity index (χ2v) is 3.32.